The van der Waals surface area contributed by atoms with Crippen LogP contribution in [0.2, 0.25) is 0 Å². The summed E-state index contributed by atoms with van der Waals surface area (Å²) in [5, 5.41) is 0. The maximum Gasteiger partial charge on any atom is 0.387 e. The maximum atomic E-state index is 13.8. The average Bonchev–Trinajstić information content (AvgIpc) is 2.77. The van der Waals surface area contributed by atoms with E-state index >= 15 is 0 Å². The first-order valence-corrected chi connectivity index (χ1v) is 9.38. The van der Waals surface area contributed by atoms with Gasteiger partial charge in [0.1, 0.15) is 23.9 Å². The topological polar surface area (TPSA) is 44.8 Å². The van der Waals surface area contributed by atoms with Crippen LogP contribution in [0.5, 0.6) is 17.2 Å². The van der Waals surface area contributed by atoms with Gasteiger partial charge in [-0.2, -0.15) is 8.78 Å². The first kappa shape index (κ1) is 22.9. The maximum absolute atomic E-state index is 13.8. The second-order valence-electron chi connectivity index (χ2n) is 6.54. The van der Waals surface area contributed by atoms with Crippen molar-refractivity contribution in [1.82, 2.24) is 0 Å². The summed E-state index contributed by atoms with van der Waals surface area (Å²) in [6.45, 7) is -2.99. The van der Waals surface area contributed by atoms with E-state index in [1.165, 1.54) is 43.5 Å². The third-order valence-corrected chi connectivity index (χ3v) is 4.37. The Morgan fingerprint density at radius 3 is 2.34 bits per heavy atom. The highest BCUT2D eigenvalue weighted by molar-refractivity contribution is 6.06. The number of benzene rings is 3. The summed E-state index contributed by atoms with van der Waals surface area (Å²) >= 11 is 0. The molecule has 0 N–H and O–H groups in total. The summed E-state index contributed by atoms with van der Waals surface area (Å²) in [5.41, 5.74) is 1.53. The number of hydrogen-bond acceptors (Lipinski definition) is 4. The Morgan fingerprint density at radius 2 is 1.69 bits per heavy atom. The standard InChI is InChI=1S/C24H18F4O4/c1-30-22-10-3-15(12-17(22)14-31-23-11-6-18(25)13-20(23)26)2-9-21(29)16-4-7-19(8-5-16)32-24(27)28/h2-13,24H,14H2,1H3/b9-2+. The van der Waals surface area contributed by atoms with Crippen LogP contribution < -0.4 is 14.2 Å². The van der Waals surface area contributed by atoms with Crippen LogP contribution in [-0.4, -0.2) is 19.5 Å². The Balaban J connectivity index is 1.71. The van der Waals surface area contributed by atoms with E-state index in [-0.39, 0.29) is 23.9 Å². The fraction of sp³-hybridized carbons (Fsp3) is 0.125. The van der Waals surface area contributed by atoms with Crippen molar-refractivity contribution in [2.45, 2.75) is 13.2 Å². The first-order valence-electron chi connectivity index (χ1n) is 9.38. The smallest absolute Gasteiger partial charge is 0.387 e. The molecule has 0 aromatic heterocycles. The molecule has 0 atom stereocenters. The number of allylic oxidation sites excluding steroid dienone is 1. The molecule has 0 saturated carbocycles. The minimum Gasteiger partial charge on any atom is -0.496 e. The SMILES string of the molecule is COc1ccc(/C=C/C(=O)c2ccc(OC(F)F)cc2)cc1COc1ccc(F)cc1F. The molecule has 3 aromatic rings. The van der Waals surface area contributed by atoms with Crippen molar-refractivity contribution < 1.29 is 36.6 Å². The number of alkyl halides is 2. The van der Waals surface area contributed by atoms with Crippen LogP contribution in [0.4, 0.5) is 17.6 Å². The number of hydrogen-bond donors (Lipinski definition) is 0. The molecule has 8 heteroatoms. The van der Waals surface area contributed by atoms with Crippen molar-refractivity contribution in [3.8, 4) is 17.2 Å². The van der Waals surface area contributed by atoms with E-state index in [2.05, 4.69) is 4.74 Å². The minimum absolute atomic E-state index is 0.0436. The molecule has 0 aliphatic heterocycles. The number of rotatable bonds is 9. The summed E-state index contributed by atoms with van der Waals surface area (Å²) in [6, 6.07) is 13.4. The largest absolute Gasteiger partial charge is 0.496 e. The molecule has 0 bridgehead atoms. The van der Waals surface area contributed by atoms with Crippen LogP contribution in [-0.2, 0) is 6.61 Å². The second-order valence-corrected chi connectivity index (χ2v) is 6.54. The first-order chi connectivity index (χ1) is 15.4. The van der Waals surface area contributed by atoms with Gasteiger partial charge in [0, 0.05) is 17.2 Å². The van der Waals surface area contributed by atoms with E-state index in [1.54, 1.807) is 24.3 Å². The van der Waals surface area contributed by atoms with Crippen LogP contribution in [0.1, 0.15) is 21.5 Å². The van der Waals surface area contributed by atoms with E-state index < -0.39 is 18.2 Å². The molecule has 3 aromatic carbocycles. The van der Waals surface area contributed by atoms with Gasteiger partial charge in [0.25, 0.3) is 0 Å². The van der Waals surface area contributed by atoms with Gasteiger partial charge in [0.15, 0.2) is 17.3 Å². The van der Waals surface area contributed by atoms with Gasteiger partial charge in [-0.1, -0.05) is 12.1 Å². The highest BCUT2D eigenvalue weighted by Gasteiger charge is 2.10. The van der Waals surface area contributed by atoms with Gasteiger partial charge >= 0.3 is 6.61 Å². The van der Waals surface area contributed by atoms with Crippen molar-refractivity contribution in [3.05, 3.63) is 95.1 Å². The normalized spacial score (nSPS) is 11.1. The Bertz CT molecular complexity index is 1110. The van der Waals surface area contributed by atoms with Crippen LogP contribution in [0, 0.1) is 11.6 Å². The lowest BCUT2D eigenvalue weighted by Gasteiger charge is -2.12. The molecule has 0 saturated heterocycles. The predicted octanol–water partition coefficient (Wildman–Crippen LogP) is 6.05. The number of carbonyl (C=O) groups is 1. The summed E-state index contributed by atoms with van der Waals surface area (Å²) in [5.74, 6) is -1.53. The van der Waals surface area contributed by atoms with Gasteiger partial charge in [0.2, 0.25) is 0 Å². The van der Waals surface area contributed by atoms with E-state index in [9.17, 15) is 22.4 Å². The molecule has 0 amide bonds. The van der Waals surface area contributed by atoms with Crippen molar-refractivity contribution in [2.75, 3.05) is 7.11 Å². The van der Waals surface area contributed by atoms with Gasteiger partial charge < -0.3 is 14.2 Å². The summed E-state index contributed by atoms with van der Waals surface area (Å²) in [7, 11) is 1.47. The molecule has 0 unspecified atom stereocenters. The lowest BCUT2D eigenvalue weighted by atomic mass is 10.1. The summed E-state index contributed by atoms with van der Waals surface area (Å²) in [6.07, 6.45) is 2.89. The van der Waals surface area contributed by atoms with Crippen LogP contribution in [0.25, 0.3) is 6.08 Å². The predicted molar refractivity (Wildman–Crippen MR) is 110 cm³/mol. The van der Waals surface area contributed by atoms with Crippen molar-refractivity contribution in [1.29, 1.82) is 0 Å². The molecule has 32 heavy (non-hydrogen) atoms. The van der Waals surface area contributed by atoms with Gasteiger partial charge in [-0.3, -0.25) is 4.79 Å². The van der Waals surface area contributed by atoms with E-state index in [0.29, 0.717) is 22.4 Å². The van der Waals surface area contributed by atoms with Gasteiger partial charge in [0.05, 0.1) is 7.11 Å². The Labute approximate surface area is 181 Å². The highest BCUT2D eigenvalue weighted by atomic mass is 19.3. The Kier molecular flexibility index (Phi) is 7.49. The van der Waals surface area contributed by atoms with E-state index in [0.717, 1.165) is 12.1 Å². The van der Waals surface area contributed by atoms with E-state index in [4.69, 9.17) is 9.47 Å². The number of ketones is 1. The average molecular weight is 446 g/mol. The molecule has 0 spiro atoms. The van der Waals surface area contributed by atoms with Crippen molar-refractivity contribution in [2.24, 2.45) is 0 Å². The Hall–Kier alpha value is -3.81. The second kappa shape index (κ2) is 10.5. The van der Waals surface area contributed by atoms with Crippen molar-refractivity contribution >= 4 is 11.9 Å². The number of halogens is 4. The molecular formula is C24H18F4O4. The Morgan fingerprint density at radius 1 is 0.969 bits per heavy atom. The molecule has 4 nitrogen and oxygen atoms in total. The molecule has 166 valence electrons. The zero-order valence-electron chi connectivity index (χ0n) is 16.9. The zero-order chi connectivity index (χ0) is 23.1. The van der Waals surface area contributed by atoms with Crippen LogP contribution in [0.3, 0.4) is 0 Å². The highest BCUT2D eigenvalue weighted by Crippen LogP contribution is 2.25. The zero-order valence-corrected chi connectivity index (χ0v) is 16.9. The molecule has 0 aliphatic rings. The number of methoxy groups -OCH3 is 1. The third-order valence-electron chi connectivity index (χ3n) is 4.37. The molecule has 3 rings (SSSR count). The number of carbonyl (C=O) groups excluding carboxylic acids is 1. The van der Waals surface area contributed by atoms with Crippen LogP contribution >= 0.6 is 0 Å². The third kappa shape index (κ3) is 6.10. The monoisotopic (exact) mass is 446 g/mol. The van der Waals surface area contributed by atoms with Gasteiger partial charge in [-0.15, -0.1) is 0 Å². The lowest BCUT2D eigenvalue weighted by molar-refractivity contribution is -0.0498. The molecule has 0 radical (unpaired) electrons. The molecule has 0 aliphatic carbocycles. The molecular weight excluding hydrogens is 428 g/mol. The van der Waals surface area contributed by atoms with Crippen LogP contribution in [0.15, 0.2) is 66.7 Å². The van der Waals surface area contributed by atoms with Gasteiger partial charge in [-0.05, 0) is 60.2 Å². The quantitative estimate of drug-likeness (QED) is 0.228. The van der Waals surface area contributed by atoms with Gasteiger partial charge in [-0.25, -0.2) is 8.78 Å². The fourth-order valence-electron chi connectivity index (χ4n) is 2.83. The summed E-state index contributed by atoms with van der Waals surface area (Å²) in [4.78, 5) is 12.3. The van der Waals surface area contributed by atoms with Crippen molar-refractivity contribution in [3.63, 3.8) is 0 Å². The number of ether oxygens (including phenoxy) is 3. The minimum atomic E-state index is -2.94. The fourth-order valence-corrected chi connectivity index (χ4v) is 2.83. The summed E-state index contributed by atoms with van der Waals surface area (Å²) < 4.78 is 66.2. The molecule has 0 heterocycles. The lowest BCUT2D eigenvalue weighted by Crippen LogP contribution is -2.02. The van der Waals surface area contributed by atoms with E-state index in [1.807, 2.05) is 0 Å². The molecule has 0 fully saturated rings.